The van der Waals surface area contributed by atoms with E-state index in [0.29, 0.717) is 5.92 Å². The second kappa shape index (κ2) is 3.72. The van der Waals surface area contributed by atoms with Gasteiger partial charge in [0, 0.05) is 4.91 Å². The van der Waals surface area contributed by atoms with Gasteiger partial charge in [-0.1, -0.05) is 36.3 Å². The molecule has 2 atom stereocenters. The summed E-state index contributed by atoms with van der Waals surface area (Å²) in [7, 11) is 0. The highest BCUT2D eigenvalue weighted by molar-refractivity contribution is 5.34. The molecule has 0 bridgehead atoms. The zero-order chi connectivity index (χ0) is 9.97. The van der Waals surface area contributed by atoms with E-state index in [9.17, 15) is 0 Å². The molecule has 0 spiro atoms. The van der Waals surface area contributed by atoms with Crippen LogP contribution in [0.25, 0.3) is 10.4 Å². The lowest BCUT2D eigenvalue weighted by Crippen LogP contribution is -2.10. The predicted octanol–water partition coefficient (Wildman–Crippen LogP) is 3.94. The van der Waals surface area contributed by atoms with Crippen molar-refractivity contribution in [2.24, 2.45) is 5.11 Å². The van der Waals surface area contributed by atoms with E-state index in [1.807, 2.05) is 12.1 Å². The molecular weight excluding hydrogens is 174 g/mol. The van der Waals surface area contributed by atoms with Gasteiger partial charge in [0.05, 0.1) is 6.04 Å². The van der Waals surface area contributed by atoms with E-state index < -0.39 is 0 Å². The number of hydrogen-bond donors (Lipinski definition) is 0. The number of azide groups is 1. The Morgan fingerprint density at radius 3 is 2.71 bits per heavy atom. The summed E-state index contributed by atoms with van der Waals surface area (Å²) in [6, 6.07) is 8.32. The molecular formula is C11H13N3. The number of hydrogen-bond acceptors (Lipinski definition) is 1. The van der Waals surface area contributed by atoms with Crippen molar-refractivity contribution in [2.75, 3.05) is 0 Å². The van der Waals surface area contributed by atoms with Crippen molar-refractivity contribution >= 4 is 0 Å². The van der Waals surface area contributed by atoms with Crippen molar-refractivity contribution in [2.45, 2.75) is 31.7 Å². The largest absolute Gasteiger partial charge is 0.0859 e. The van der Waals surface area contributed by atoms with E-state index in [0.717, 1.165) is 12.8 Å². The molecule has 0 aliphatic heterocycles. The lowest BCUT2D eigenvalue weighted by atomic mass is 9.81. The fourth-order valence-electron chi connectivity index (χ4n) is 2.16. The first kappa shape index (κ1) is 9.10. The Morgan fingerprint density at radius 1 is 1.29 bits per heavy atom. The minimum Gasteiger partial charge on any atom is -0.0859 e. The zero-order valence-corrected chi connectivity index (χ0v) is 8.22. The van der Waals surface area contributed by atoms with Crippen LogP contribution in [-0.2, 0) is 0 Å². The van der Waals surface area contributed by atoms with Crippen LogP contribution in [-0.4, -0.2) is 0 Å². The van der Waals surface area contributed by atoms with Crippen molar-refractivity contribution in [3.63, 3.8) is 0 Å². The summed E-state index contributed by atoms with van der Waals surface area (Å²) in [6.07, 6.45) is 2.09. The molecule has 72 valence electrons. The second-order valence-electron chi connectivity index (χ2n) is 3.83. The fraction of sp³-hybridized carbons (Fsp3) is 0.455. The van der Waals surface area contributed by atoms with Gasteiger partial charge < -0.3 is 0 Å². The summed E-state index contributed by atoms with van der Waals surface area (Å²) in [5.41, 5.74) is 11.0. The summed E-state index contributed by atoms with van der Waals surface area (Å²) in [5.74, 6) is 0.594. The Bertz CT molecular complexity index is 380. The zero-order valence-electron chi connectivity index (χ0n) is 8.22. The Kier molecular flexibility index (Phi) is 2.42. The molecule has 0 aromatic heterocycles. The van der Waals surface area contributed by atoms with Crippen LogP contribution in [0.1, 0.15) is 42.9 Å². The van der Waals surface area contributed by atoms with Gasteiger partial charge in [-0.3, -0.25) is 0 Å². The van der Waals surface area contributed by atoms with Crippen LogP contribution in [0.5, 0.6) is 0 Å². The topological polar surface area (TPSA) is 48.8 Å². The average Bonchev–Trinajstić information content (AvgIpc) is 2.23. The second-order valence-corrected chi connectivity index (χ2v) is 3.83. The van der Waals surface area contributed by atoms with Crippen LogP contribution in [0, 0.1) is 0 Å². The van der Waals surface area contributed by atoms with E-state index in [1.165, 1.54) is 11.1 Å². The highest BCUT2D eigenvalue weighted by Crippen LogP contribution is 2.38. The van der Waals surface area contributed by atoms with E-state index in [1.54, 1.807) is 0 Å². The average molecular weight is 187 g/mol. The lowest BCUT2D eigenvalue weighted by molar-refractivity contribution is 0.512. The molecule has 1 aromatic rings. The van der Waals surface area contributed by atoms with Crippen LogP contribution >= 0.6 is 0 Å². The first-order chi connectivity index (χ1) is 6.83. The van der Waals surface area contributed by atoms with Crippen LogP contribution in [0.3, 0.4) is 0 Å². The van der Waals surface area contributed by atoms with E-state index in [-0.39, 0.29) is 6.04 Å². The molecule has 0 fully saturated rings. The maximum Gasteiger partial charge on any atom is 0.0628 e. The van der Waals surface area contributed by atoms with Gasteiger partial charge in [-0.15, -0.1) is 0 Å². The third-order valence-electron chi connectivity index (χ3n) is 2.95. The molecule has 1 aliphatic rings. The molecule has 3 heteroatoms. The fourth-order valence-corrected chi connectivity index (χ4v) is 2.16. The van der Waals surface area contributed by atoms with Crippen molar-refractivity contribution in [1.29, 1.82) is 0 Å². The first-order valence-electron chi connectivity index (χ1n) is 4.96. The van der Waals surface area contributed by atoms with Crippen molar-refractivity contribution in [3.05, 3.63) is 45.8 Å². The normalized spacial score (nSPS) is 24.9. The van der Waals surface area contributed by atoms with E-state index in [4.69, 9.17) is 5.53 Å². The third-order valence-corrected chi connectivity index (χ3v) is 2.95. The number of fused-ring (bicyclic) bond motifs is 1. The smallest absolute Gasteiger partial charge is 0.0628 e. The molecule has 1 aliphatic carbocycles. The molecule has 0 amide bonds. The van der Waals surface area contributed by atoms with Crippen molar-refractivity contribution in [3.8, 4) is 0 Å². The van der Waals surface area contributed by atoms with Gasteiger partial charge in [-0.05, 0) is 35.4 Å². The lowest BCUT2D eigenvalue weighted by Gasteiger charge is -2.26. The maximum atomic E-state index is 8.47. The molecule has 0 heterocycles. The predicted molar refractivity (Wildman–Crippen MR) is 56.0 cm³/mol. The standard InChI is InChI=1S/C11H13N3/c1-8-6-7-11(13-14-12)10-5-3-2-4-9(8)10/h2-5,8,11H,6-7H2,1H3/t8?,11-/m1/s1. The molecule has 2 rings (SSSR count). The van der Waals surface area contributed by atoms with Gasteiger partial charge in [-0.2, -0.15) is 0 Å². The Balaban J connectivity index is 2.46. The molecule has 1 unspecified atom stereocenters. The van der Waals surface area contributed by atoms with Crippen molar-refractivity contribution in [1.82, 2.24) is 0 Å². The molecule has 0 radical (unpaired) electrons. The Hall–Kier alpha value is -1.47. The molecule has 14 heavy (non-hydrogen) atoms. The van der Waals surface area contributed by atoms with Crippen LogP contribution in [0.15, 0.2) is 29.4 Å². The highest BCUT2D eigenvalue weighted by atomic mass is 15.1. The van der Waals surface area contributed by atoms with E-state index >= 15 is 0 Å². The van der Waals surface area contributed by atoms with Crippen molar-refractivity contribution < 1.29 is 0 Å². The summed E-state index contributed by atoms with van der Waals surface area (Å²) < 4.78 is 0. The third kappa shape index (κ3) is 1.47. The summed E-state index contributed by atoms with van der Waals surface area (Å²) in [5, 5.41) is 3.84. The highest BCUT2D eigenvalue weighted by Gasteiger charge is 2.22. The summed E-state index contributed by atoms with van der Waals surface area (Å²) >= 11 is 0. The van der Waals surface area contributed by atoms with Crippen LogP contribution < -0.4 is 0 Å². The Morgan fingerprint density at radius 2 is 2.00 bits per heavy atom. The van der Waals surface area contributed by atoms with Gasteiger partial charge in [-0.25, -0.2) is 0 Å². The van der Waals surface area contributed by atoms with Crippen LogP contribution in [0.4, 0.5) is 0 Å². The number of benzene rings is 1. The molecule has 1 aromatic carbocycles. The van der Waals surface area contributed by atoms with Gasteiger partial charge in [0.15, 0.2) is 0 Å². The van der Waals surface area contributed by atoms with Crippen LogP contribution in [0.2, 0.25) is 0 Å². The molecule has 0 saturated carbocycles. The number of nitrogens with zero attached hydrogens (tertiary/aromatic N) is 3. The first-order valence-corrected chi connectivity index (χ1v) is 4.96. The molecule has 0 saturated heterocycles. The summed E-state index contributed by atoms with van der Waals surface area (Å²) in [4.78, 5) is 2.91. The Labute approximate surface area is 83.4 Å². The minimum absolute atomic E-state index is 0.0485. The number of rotatable bonds is 1. The molecule has 3 nitrogen and oxygen atoms in total. The van der Waals surface area contributed by atoms with Gasteiger partial charge >= 0.3 is 0 Å². The van der Waals surface area contributed by atoms with Gasteiger partial charge in [0.2, 0.25) is 0 Å². The summed E-state index contributed by atoms with van der Waals surface area (Å²) in [6.45, 7) is 2.23. The minimum atomic E-state index is 0.0485. The monoisotopic (exact) mass is 187 g/mol. The SMILES string of the molecule is CC1CC[C@@H](N=[N+]=[N-])c2ccccc21. The van der Waals surface area contributed by atoms with E-state index in [2.05, 4.69) is 29.1 Å². The quantitative estimate of drug-likeness (QED) is 0.363. The maximum absolute atomic E-state index is 8.47. The van der Waals surface area contributed by atoms with Gasteiger partial charge in [0.1, 0.15) is 0 Å². The molecule has 0 N–H and O–H groups in total. The van der Waals surface area contributed by atoms with Gasteiger partial charge in [0.25, 0.3) is 0 Å².